The Labute approximate surface area is 160 Å². The van der Waals surface area contributed by atoms with Gasteiger partial charge in [-0.2, -0.15) is 0 Å². The van der Waals surface area contributed by atoms with Gasteiger partial charge in [0.05, 0.1) is 13.0 Å². The maximum absolute atomic E-state index is 11.9. The minimum atomic E-state index is -0.841. The van der Waals surface area contributed by atoms with Gasteiger partial charge in [0, 0.05) is 6.54 Å². The van der Waals surface area contributed by atoms with Crippen molar-refractivity contribution in [1.29, 1.82) is 0 Å². The number of nitrogens with zero attached hydrogens (tertiary/aromatic N) is 1. The summed E-state index contributed by atoms with van der Waals surface area (Å²) in [5, 5.41) is 9.75. The lowest BCUT2D eigenvalue weighted by molar-refractivity contribution is -0.138. The Kier molecular flexibility index (Phi) is 6.71. The van der Waals surface area contributed by atoms with Crippen molar-refractivity contribution in [3.05, 3.63) is 59.7 Å². The average molecular weight is 369 g/mol. The van der Waals surface area contributed by atoms with Gasteiger partial charge in [0.15, 0.2) is 11.5 Å². The number of ether oxygens (including phenoxy) is 2. The van der Waals surface area contributed by atoms with Crippen LogP contribution in [0.25, 0.3) is 0 Å². The molecule has 1 saturated heterocycles. The zero-order valence-corrected chi connectivity index (χ0v) is 15.8. The normalized spacial score (nSPS) is 15.4. The average Bonchev–Trinajstić information content (AvgIpc) is 3.20. The fourth-order valence-corrected chi connectivity index (χ4v) is 3.58. The molecule has 5 heteroatoms. The zero-order valence-electron chi connectivity index (χ0n) is 15.8. The van der Waals surface area contributed by atoms with Crippen molar-refractivity contribution in [2.45, 2.75) is 25.2 Å². The molecule has 3 rings (SSSR count). The highest BCUT2D eigenvalue weighted by Gasteiger charge is 2.23. The van der Waals surface area contributed by atoms with Crippen LogP contribution in [0.2, 0.25) is 0 Å². The fourth-order valence-electron chi connectivity index (χ4n) is 3.58. The second kappa shape index (κ2) is 9.42. The SMILES string of the molecule is COc1cccc(CC(C(=O)O)c2ccccc2)c1OCCN1CCCC1. The molecule has 1 fully saturated rings. The van der Waals surface area contributed by atoms with Crippen molar-refractivity contribution in [3.8, 4) is 11.5 Å². The molecule has 0 bridgehead atoms. The van der Waals surface area contributed by atoms with E-state index in [4.69, 9.17) is 9.47 Å². The molecular weight excluding hydrogens is 342 g/mol. The summed E-state index contributed by atoms with van der Waals surface area (Å²) in [5.74, 6) is -0.168. The Morgan fingerprint density at radius 1 is 1.11 bits per heavy atom. The number of carboxylic acid groups (broad SMARTS) is 1. The molecule has 0 spiro atoms. The molecule has 5 nitrogen and oxygen atoms in total. The lowest BCUT2D eigenvalue weighted by Crippen LogP contribution is -2.25. The predicted octanol–water partition coefficient (Wildman–Crippen LogP) is 3.58. The van der Waals surface area contributed by atoms with Crippen LogP contribution in [0.15, 0.2) is 48.5 Å². The Balaban J connectivity index is 1.77. The molecule has 0 radical (unpaired) electrons. The third kappa shape index (κ3) is 5.01. The van der Waals surface area contributed by atoms with E-state index in [1.54, 1.807) is 7.11 Å². The number of hydrogen-bond donors (Lipinski definition) is 1. The number of benzene rings is 2. The van der Waals surface area contributed by atoms with E-state index in [9.17, 15) is 9.90 Å². The number of rotatable bonds is 9. The van der Waals surface area contributed by atoms with Crippen molar-refractivity contribution in [2.75, 3.05) is 33.4 Å². The molecule has 1 heterocycles. The monoisotopic (exact) mass is 369 g/mol. The number of carboxylic acids is 1. The van der Waals surface area contributed by atoms with E-state index >= 15 is 0 Å². The van der Waals surface area contributed by atoms with E-state index in [1.165, 1.54) is 12.8 Å². The highest BCUT2D eigenvalue weighted by atomic mass is 16.5. The van der Waals surface area contributed by atoms with E-state index in [2.05, 4.69) is 4.90 Å². The number of methoxy groups -OCH3 is 1. The molecule has 0 amide bonds. The highest BCUT2D eigenvalue weighted by Crippen LogP contribution is 2.34. The van der Waals surface area contributed by atoms with Crippen molar-refractivity contribution in [1.82, 2.24) is 4.90 Å². The van der Waals surface area contributed by atoms with Gasteiger partial charge >= 0.3 is 5.97 Å². The summed E-state index contributed by atoms with van der Waals surface area (Å²) in [5.41, 5.74) is 1.64. The summed E-state index contributed by atoms with van der Waals surface area (Å²) in [6.07, 6.45) is 2.85. The minimum Gasteiger partial charge on any atom is -0.493 e. The van der Waals surface area contributed by atoms with Crippen LogP contribution in [0.3, 0.4) is 0 Å². The number of likely N-dealkylation sites (tertiary alicyclic amines) is 1. The first-order valence-electron chi connectivity index (χ1n) is 9.48. The Hall–Kier alpha value is -2.53. The second-order valence-corrected chi connectivity index (χ2v) is 6.85. The van der Waals surface area contributed by atoms with Gasteiger partial charge in [-0.15, -0.1) is 0 Å². The summed E-state index contributed by atoms with van der Waals surface area (Å²) >= 11 is 0. The van der Waals surface area contributed by atoms with Crippen LogP contribution in [0.5, 0.6) is 11.5 Å². The fraction of sp³-hybridized carbons (Fsp3) is 0.409. The maximum atomic E-state index is 11.9. The molecule has 1 atom stereocenters. The summed E-state index contributed by atoms with van der Waals surface area (Å²) in [6.45, 7) is 3.68. The number of aliphatic carboxylic acids is 1. The maximum Gasteiger partial charge on any atom is 0.311 e. The lowest BCUT2D eigenvalue weighted by Gasteiger charge is -2.20. The topological polar surface area (TPSA) is 59.0 Å². The van der Waals surface area contributed by atoms with Crippen LogP contribution >= 0.6 is 0 Å². The number of hydrogen-bond acceptors (Lipinski definition) is 4. The third-order valence-electron chi connectivity index (χ3n) is 5.06. The first-order valence-corrected chi connectivity index (χ1v) is 9.48. The Morgan fingerprint density at radius 3 is 2.52 bits per heavy atom. The first-order chi connectivity index (χ1) is 13.2. The number of para-hydroxylation sites is 1. The van der Waals surface area contributed by atoms with Gasteiger partial charge < -0.3 is 14.6 Å². The van der Waals surface area contributed by atoms with Crippen LogP contribution < -0.4 is 9.47 Å². The first kappa shape index (κ1) is 19.2. The Bertz CT molecular complexity index is 741. The molecule has 1 aliphatic rings. The van der Waals surface area contributed by atoms with Crippen LogP contribution in [-0.2, 0) is 11.2 Å². The summed E-state index contributed by atoms with van der Waals surface area (Å²) in [6, 6.07) is 15.0. The van der Waals surface area contributed by atoms with Crippen molar-refractivity contribution >= 4 is 5.97 Å². The second-order valence-electron chi connectivity index (χ2n) is 6.85. The summed E-state index contributed by atoms with van der Waals surface area (Å²) in [7, 11) is 1.61. The molecule has 144 valence electrons. The molecule has 0 aliphatic carbocycles. The molecule has 1 N–H and O–H groups in total. The standard InChI is InChI=1S/C22H27NO4/c1-26-20-11-7-10-18(21(20)27-15-14-23-12-5-6-13-23)16-19(22(24)25)17-8-3-2-4-9-17/h2-4,7-11,19H,5-6,12-16H2,1H3,(H,24,25). The largest absolute Gasteiger partial charge is 0.493 e. The van der Waals surface area contributed by atoms with Crippen LogP contribution in [-0.4, -0.2) is 49.3 Å². The van der Waals surface area contributed by atoms with Crippen molar-refractivity contribution < 1.29 is 19.4 Å². The van der Waals surface area contributed by atoms with Gasteiger partial charge in [-0.05, 0) is 49.5 Å². The number of carbonyl (C=O) groups is 1. The van der Waals surface area contributed by atoms with Gasteiger partial charge in [-0.25, -0.2) is 0 Å². The molecule has 0 aromatic heterocycles. The van der Waals surface area contributed by atoms with E-state index in [-0.39, 0.29) is 0 Å². The summed E-state index contributed by atoms with van der Waals surface area (Å²) in [4.78, 5) is 14.3. The molecule has 2 aromatic carbocycles. The van der Waals surface area contributed by atoms with E-state index in [1.807, 2.05) is 48.5 Å². The van der Waals surface area contributed by atoms with E-state index < -0.39 is 11.9 Å². The van der Waals surface area contributed by atoms with Gasteiger partial charge in [0.25, 0.3) is 0 Å². The van der Waals surface area contributed by atoms with E-state index in [0.717, 1.165) is 30.8 Å². The van der Waals surface area contributed by atoms with Crippen LogP contribution in [0.4, 0.5) is 0 Å². The van der Waals surface area contributed by atoms with Gasteiger partial charge in [0.2, 0.25) is 0 Å². The van der Waals surface area contributed by atoms with Gasteiger partial charge in [0.1, 0.15) is 6.61 Å². The molecule has 1 aliphatic heterocycles. The predicted molar refractivity (Wildman–Crippen MR) is 105 cm³/mol. The lowest BCUT2D eigenvalue weighted by atomic mass is 9.91. The molecule has 27 heavy (non-hydrogen) atoms. The van der Waals surface area contributed by atoms with E-state index in [0.29, 0.717) is 24.5 Å². The van der Waals surface area contributed by atoms with Crippen LogP contribution in [0, 0.1) is 0 Å². The quantitative estimate of drug-likeness (QED) is 0.732. The third-order valence-corrected chi connectivity index (χ3v) is 5.06. The smallest absolute Gasteiger partial charge is 0.311 e. The molecule has 1 unspecified atom stereocenters. The highest BCUT2D eigenvalue weighted by molar-refractivity contribution is 5.76. The molecular formula is C22H27NO4. The van der Waals surface area contributed by atoms with Gasteiger partial charge in [-0.3, -0.25) is 9.69 Å². The van der Waals surface area contributed by atoms with Gasteiger partial charge in [-0.1, -0.05) is 42.5 Å². The van der Waals surface area contributed by atoms with Crippen LogP contribution in [0.1, 0.15) is 29.9 Å². The van der Waals surface area contributed by atoms with Crippen molar-refractivity contribution in [2.24, 2.45) is 0 Å². The summed E-state index contributed by atoms with van der Waals surface area (Å²) < 4.78 is 11.5. The zero-order chi connectivity index (χ0) is 19.1. The minimum absolute atomic E-state index is 0.357. The molecule has 0 saturated carbocycles. The molecule has 2 aromatic rings. The van der Waals surface area contributed by atoms with Crippen molar-refractivity contribution in [3.63, 3.8) is 0 Å². The Morgan fingerprint density at radius 2 is 1.85 bits per heavy atom.